The highest BCUT2D eigenvalue weighted by Crippen LogP contribution is 2.23. The summed E-state index contributed by atoms with van der Waals surface area (Å²) in [6, 6.07) is 7.64. The van der Waals surface area contributed by atoms with Crippen molar-refractivity contribution in [3.63, 3.8) is 0 Å². The molecule has 1 N–H and O–H groups in total. The van der Waals surface area contributed by atoms with E-state index in [4.69, 9.17) is 5.10 Å². The minimum absolute atomic E-state index is 0.298. The molecule has 4 nitrogen and oxygen atoms in total. The third kappa shape index (κ3) is 5.88. The Kier molecular flexibility index (Phi) is 7.52. The number of hydrogen-bond acceptors (Lipinski definition) is 3. The van der Waals surface area contributed by atoms with Crippen LogP contribution in [0.25, 0.3) is 0 Å². The lowest BCUT2D eigenvalue weighted by molar-refractivity contribution is 0.473. The fourth-order valence-corrected chi connectivity index (χ4v) is 3.22. The van der Waals surface area contributed by atoms with Gasteiger partial charge in [-0.15, -0.1) is 0 Å². The number of nitrogens with zero attached hydrogens (tertiary/aromatic N) is 3. The maximum Gasteiger partial charge on any atom is 0.155 e. The van der Waals surface area contributed by atoms with Gasteiger partial charge >= 0.3 is 0 Å². The monoisotopic (exact) mass is 369 g/mol. The zero-order valence-corrected chi connectivity index (χ0v) is 17.6. The minimum atomic E-state index is 0.298. The Morgan fingerprint density at radius 3 is 2.63 bits per heavy atom. The SMILES string of the molecule is C=C(CC)N(CCCCC(C)C)c1cc(C)n(Cc2cc(O)ccc2C)n1. The highest BCUT2D eigenvalue weighted by Gasteiger charge is 2.15. The van der Waals surface area contributed by atoms with Gasteiger partial charge in [0.15, 0.2) is 5.82 Å². The number of aryl methyl sites for hydroxylation is 2. The summed E-state index contributed by atoms with van der Waals surface area (Å²) < 4.78 is 2.02. The van der Waals surface area contributed by atoms with Crippen LogP contribution in [0.5, 0.6) is 5.75 Å². The summed E-state index contributed by atoms with van der Waals surface area (Å²) in [6.45, 7) is 16.7. The number of phenols is 1. The number of allylic oxidation sites excluding steroid dienone is 1. The summed E-state index contributed by atoms with van der Waals surface area (Å²) in [5.74, 6) is 2.02. The molecule has 0 amide bonds. The van der Waals surface area contributed by atoms with Crippen LogP contribution in [0.1, 0.15) is 63.3 Å². The predicted octanol–water partition coefficient (Wildman–Crippen LogP) is 5.81. The summed E-state index contributed by atoms with van der Waals surface area (Å²) in [4.78, 5) is 2.26. The first-order valence-electron chi connectivity index (χ1n) is 10.1. The molecular formula is C23H35N3O. The van der Waals surface area contributed by atoms with E-state index in [0.717, 1.165) is 53.6 Å². The van der Waals surface area contributed by atoms with E-state index in [1.165, 1.54) is 12.8 Å². The van der Waals surface area contributed by atoms with E-state index in [1.807, 2.05) is 16.8 Å². The minimum Gasteiger partial charge on any atom is -0.508 e. The summed E-state index contributed by atoms with van der Waals surface area (Å²) in [5, 5.41) is 14.7. The maximum absolute atomic E-state index is 9.79. The van der Waals surface area contributed by atoms with Crippen LogP contribution in [0.2, 0.25) is 0 Å². The van der Waals surface area contributed by atoms with Crippen LogP contribution < -0.4 is 4.90 Å². The van der Waals surface area contributed by atoms with Gasteiger partial charge in [-0.25, -0.2) is 0 Å². The van der Waals surface area contributed by atoms with Crippen molar-refractivity contribution in [1.29, 1.82) is 0 Å². The number of aromatic hydroxyl groups is 1. The molecule has 0 aliphatic rings. The van der Waals surface area contributed by atoms with Gasteiger partial charge in [-0.3, -0.25) is 4.68 Å². The van der Waals surface area contributed by atoms with Gasteiger partial charge in [-0.1, -0.05) is 46.3 Å². The molecule has 0 fully saturated rings. The molecular weight excluding hydrogens is 334 g/mol. The lowest BCUT2D eigenvalue weighted by Crippen LogP contribution is -2.23. The van der Waals surface area contributed by atoms with Crippen LogP contribution in [-0.4, -0.2) is 21.4 Å². The van der Waals surface area contributed by atoms with Crippen molar-refractivity contribution < 1.29 is 5.11 Å². The molecule has 0 spiro atoms. The first-order valence-corrected chi connectivity index (χ1v) is 10.1. The first kappa shape index (κ1) is 21.1. The van der Waals surface area contributed by atoms with Crippen LogP contribution in [0.4, 0.5) is 5.82 Å². The number of aromatic nitrogens is 2. The molecule has 0 aliphatic carbocycles. The van der Waals surface area contributed by atoms with E-state index in [9.17, 15) is 5.11 Å². The van der Waals surface area contributed by atoms with E-state index in [2.05, 4.69) is 52.2 Å². The molecule has 2 aromatic rings. The molecule has 4 heteroatoms. The molecule has 1 aromatic heterocycles. The fraction of sp³-hybridized carbons (Fsp3) is 0.522. The van der Waals surface area contributed by atoms with Gasteiger partial charge in [0, 0.05) is 24.0 Å². The van der Waals surface area contributed by atoms with E-state index < -0.39 is 0 Å². The molecule has 27 heavy (non-hydrogen) atoms. The second-order valence-corrected chi connectivity index (χ2v) is 7.87. The van der Waals surface area contributed by atoms with E-state index in [0.29, 0.717) is 12.3 Å². The molecule has 0 atom stereocenters. The Balaban J connectivity index is 2.16. The zero-order chi connectivity index (χ0) is 20.0. The molecule has 1 aromatic carbocycles. The smallest absolute Gasteiger partial charge is 0.155 e. The first-order chi connectivity index (χ1) is 12.8. The summed E-state index contributed by atoms with van der Waals surface area (Å²) in [5.41, 5.74) is 4.47. The average molecular weight is 370 g/mol. The van der Waals surface area contributed by atoms with Crippen molar-refractivity contribution in [2.24, 2.45) is 5.92 Å². The molecule has 0 unspecified atom stereocenters. The van der Waals surface area contributed by atoms with E-state index in [-0.39, 0.29) is 0 Å². The topological polar surface area (TPSA) is 41.3 Å². The van der Waals surface area contributed by atoms with Crippen molar-refractivity contribution in [1.82, 2.24) is 9.78 Å². The fourth-order valence-electron chi connectivity index (χ4n) is 3.22. The second kappa shape index (κ2) is 9.63. The summed E-state index contributed by atoms with van der Waals surface area (Å²) in [7, 11) is 0. The Hall–Kier alpha value is -2.23. The Labute approximate surface area is 164 Å². The number of anilines is 1. The molecule has 0 saturated heterocycles. The van der Waals surface area contributed by atoms with Gasteiger partial charge in [-0.2, -0.15) is 5.10 Å². The van der Waals surface area contributed by atoms with Crippen LogP contribution in [-0.2, 0) is 6.54 Å². The molecule has 0 aliphatic heterocycles. The van der Waals surface area contributed by atoms with Gasteiger partial charge in [0.05, 0.1) is 6.54 Å². The van der Waals surface area contributed by atoms with Crippen LogP contribution in [0.15, 0.2) is 36.5 Å². The second-order valence-electron chi connectivity index (χ2n) is 7.87. The number of hydrogen-bond donors (Lipinski definition) is 1. The normalized spacial score (nSPS) is 11.2. The van der Waals surface area contributed by atoms with Crippen LogP contribution >= 0.6 is 0 Å². The van der Waals surface area contributed by atoms with Gasteiger partial charge in [0.25, 0.3) is 0 Å². The van der Waals surface area contributed by atoms with Gasteiger partial charge in [0.1, 0.15) is 5.75 Å². The maximum atomic E-state index is 9.79. The van der Waals surface area contributed by atoms with Crippen molar-refractivity contribution >= 4 is 5.82 Å². The van der Waals surface area contributed by atoms with Crippen molar-refractivity contribution in [2.75, 3.05) is 11.4 Å². The lowest BCUT2D eigenvalue weighted by atomic mass is 10.1. The Morgan fingerprint density at radius 2 is 1.96 bits per heavy atom. The Morgan fingerprint density at radius 1 is 1.22 bits per heavy atom. The quantitative estimate of drug-likeness (QED) is 0.537. The standard InChI is InChI=1S/C23H35N3O/c1-7-19(5)25(13-9-8-10-17(2)3)23-14-20(6)26(24-23)16-21-15-22(27)12-11-18(21)4/h11-12,14-15,17,27H,5,7-10,13,16H2,1-4,6H3. The largest absolute Gasteiger partial charge is 0.508 e. The molecule has 0 saturated carbocycles. The van der Waals surface area contributed by atoms with Crippen molar-refractivity contribution in [3.05, 3.63) is 53.4 Å². The molecule has 1 heterocycles. The third-order valence-electron chi connectivity index (χ3n) is 5.10. The van der Waals surface area contributed by atoms with Crippen LogP contribution in [0.3, 0.4) is 0 Å². The number of phenolic OH excluding ortho intramolecular Hbond substituents is 1. The van der Waals surface area contributed by atoms with Gasteiger partial charge < -0.3 is 10.0 Å². The molecule has 0 radical (unpaired) electrons. The third-order valence-corrected chi connectivity index (χ3v) is 5.10. The highest BCUT2D eigenvalue weighted by molar-refractivity contribution is 5.46. The number of rotatable bonds is 10. The zero-order valence-electron chi connectivity index (χ0n) is 17.6. The van der Waals surface area contributed by atoms with E-state index >= 15 is 0 Å². The average Bonchev–Trinajstić information content (AvgIpc) is 2.97. The van der Waals surface area contributed by atoms with Gasteiger partial charge in [0.2, 0.25) is 0 Å². The summed E-state index contributed by atoms with van der Waals surface area (Å²) >= 11 is 0. The highest BCUT2D eigenvalue weighted by atomic mass is 16.3. The Bertz CT molecular complexity index is 761. The molecule has 0 bridgehead atoms. The molecule has 2 rings (SSSR count). The number of benzene rings is 1. The predicted molar refractivity (Wildman–Crippen MR) is 114 cm³/mol. The van der Waals surface area contributed by atoms with Gasteiger partial charge in [-0.05, 0) is 55.9 Å². The van der Waals surface area contributed by atoms with Crippen molar-refractivity contribution in [2.45, 2.75) is 66.8 Å². The lowest BCUT2D eigenvalue weighted by Gasteiger charge is -2.24. The molecule has 148 valence electrons. The summed E-state index contributed by atoms with van der Waals surface area (Å²) in [6.07, 6.45) is 4.56. The number of unbranched alkanes of at least 4 members (excludes halogenated alkanes) is 1. The van der Waals surface area contributed by atoms with Crippen molar-refractivity contribution in [3.8, 4) is 5.75 Å². The van der Waals surface area contributed by atoms with E-state index in [1.54, 1.807) is 6.07 Å². The van der Waals surface area contributed by atoms with Crippen LogP contribution in [0, 0.1) is 19.8 Å².